The van der Waals surface area contributed by atoms with Crippen LogP contribution in [0.5, 0.6) is 11.5 Å². The summed E-state index contributed by atoms with van der Waals surface area (Å²) in [5.74, 6) is 0.605. The summed E-state index contributed by atoms with van der Waals surface area (Å²) >= 11 is 0. The third kappa shape index (κ3) is 4.95. The van der Waals surface area contributed by atoms with Gasteiger partial charge in [-0.25, -0.2) is 0 Å². The molecule has 138 valence electrons. The predicted molar refractivity (Wildman–Crippen MR) is 97.6 cm³/mol. The molecular weight excluding hydrogens is 334 g/mol. The first-order valence-electron chi connectivity index (χ1n) is 8.20. The zero-order valence-electron chi connectivity index (χ0n) is 15.3. The highest BCUT2D eigenvalue weighted by Crippen LogP contribution is 2.27. The molecule has 2 aromatic rings. The minimum absolute atomic E-state index is 0.0120. The lowest BCUT2D eigenvalue weighted by molar-refractivity contribution is 0.0943. The Kier molecular flexibility index (Phi) is 6.54. The van der Waals surface area contributed by atoms with Gasteiger partial charge in [-0.3, -0.25) is 14.6 Å². The Morgan fingerprint density at radius 2 is 1.77 bits per heavy atom. The van der Waals surface area contributed by atoms with Crippen molar-refractivity contribution >= 4 is 11.8 Å². The summed E-state index contributed by atoms with van der Waals surface area (Å²) in [6.07, 6.45) is 1.45. The lowest BCUT2D eigenvalue weighted by Gasteiger charge is -2.11. The van der Waals surface area contributed by atoms with E-state index < -0.39 is 0 Å². The second kappa shape index (κ2) is 8.84. The normalized spacial score (nSPS) is 10.3. The predicted octanol–water partition coefficient (Wildman–Crippen LogP) is 2.17. The molecule has 0 radical (unpaired) electrons. The molecule has 2 rings (SSSR count). The van der Waals surface area contributed by atoms with Crippen LogP contribution in [0.1, 0.15) is 40.3 Å². The van der Waals surface area contributed by atoms with E-state index in [1.807, 2.05) is 19.9 Å². The maximum atomic E-state index is 12.3. The summed E-state index contributed by atoms with van der Waals surface area (Å²) in [5, 5.41) is 5.56. The average Bonchev–Trinajstić information content (AvgIpc) is 2.65. The molecule has 0 unspecified atom stereocenters. The van der Waals surface area contributed by atoms with Gasteiger partial charge >= 0.3 is 0 Å². The Hall–Kier alpha value is -3.09. The van der Waals surface area contributed by atoms with Gasteiger partial charge < -0.3 is 20.1 Å². The Labute approximate surface area is 152 Å². The Morgan fingerprint density at radius 1 is 1.04 bits per heavy atom. The minimum Gasteiger partial charge on any atom is -0.493 e. The highest BCUT2D eigenvalue weighted by molar-refractivity contribution is 5.98. The fraction of sp³-hybridized carbons (Fsp3) is 0.316. The highest BCUT2D eigenvalue weighted by atomic mass is 16.5. The summed E-state index contributed by atoms with van der Waals surface area (Å²) in [4.78, 5) is 28.4. The number of ether oxygens (including phenoxy) is 2. The second-order valence-corrected chi connectivity index (χ2v) is 5.93. The molecule has 0 bridgehead atoms. The molecule has 0 saturated heterocycles. The summed E-state index contributed by atoms with van der Waals surface area (Å²) in [6, 6.07) is 8.46. The zero-order valence-corrected chi connectivity index (χ0v) is 15.3. The fourth-order valence-electron chi connectivity index (χ4n) is 2.30. The van der Waals surface area contributed by atoms with Crippen molar-refractivity contribution < 1.29 is 19.1 Å². The van der Waals surface area contributed by atoms with Crippen LogP contribution in [0.3, 0.4) is 0 Å². The van der Waals surface area contributed by atoms with Crippen LogP contribution in [0, 0.1) is 0 Å². The average molecular weight is 357 g/mol. The van der Waals surface area contributed by atoms with E-state index >= 15 is 0 Å². The lowest BCUT2D eigenvalue weighted by Crippen LogP contribution is -2.30. The number of benzene rings is 1. The molecule has 0 spiro atoms. The molecule has 0 aliphatic rings. The van der Waals surface area contributed by atoms with Crippen LogP contribution in [0.25, 0.3) is 0 Å². The summed E-state index contributed by atoms with van der Waals surface area (Å²) in [5.41, 5.74) is 1.43. The van der Waals surface area contributed by atoms with Crippen LogP contribution in [0.4, 0.5) is 0 Å². The van der Waals surface area contributed by atoms with Gasteiger partial charge in [-0.05, 0) is 43.7 Å². The molecule has 0 fully saturated rings. The van der Waals surface area contributed by atoms with E-state index in [-0.39, 0.29) is 23.6 Å². The van der Waals surface area contributed by atoms with Crippen molar-refractivity contribution in [1.29, 1.82) is 0 Å². The minimum atomic E-state index is -0.362. The standard InChI is InChI=1S/C19H23N3O4/c1-12(2)22-18(23)14-7-8-20-15(10-14)19(24)21-11-13-5-6-16(25-3)17(9-13)26-4/h5-10,12H,11H2,1-4H3,(H,21,24)(H,22,23). The number of carbonyl (C=O) groups excluding carboxylic acids is 2. The van der Waals surface area contributed by atoms with Crippen molar-refractivity contribution in [2.75, 3.05) is 14.2 Å². The van der Waals surface area contributed by atoms with E-state index in [2.05, 4.69) is 15.6 Å². The first-order chi connectivity index (χ1) is 12.4. The van der Waals surface area contributed by atoms with Gasteiger partial charge in [0, 0.05) is 24.3 Å². The third-order valence-electron chi connectivity index (χ3n) is 3.58. The quantitative estimate of drug-likeness (QED) is 0.793. The number of nitrogens with zero attached hydrogens (tertiary/aromatic N) is 1. The maximum Gasteiger partial charge on any atom is 0.270 e. The number of hydrogen-bond donors (Lipinski definition) is 2. The monoisotopic (exact) mass is 357 g/mol. The van der Waals surface area contributed by atoms with Crippen molar-refractivity contribution in [2.45, 2.75) is 26.4 Å². The van der Waals surface area contributed by atoms with Crippen LogP contribution in [0.15, 0.2) is 36.5 Å². The third-order valence-corrected chi connectivity index (χ3v) is 3.58. The molecule has 2 N–H and O–H groups in total. The summed E-state index contributed by atoms with van der Waals surface area (Å²) in [7, 11) is 3.12. The van der Waals surface area contributed by atoms with Gasteiger partial charge in [0.25, 0.3) is 11.8 Å². The molecule has 1 aromatic carbocycles. The van der Waals surface area contributed by atoms with Crippen LogP contribution in [-0.4, -0.2) is 37.1 Å². The van der Waals surface area contributed by atoms with E-state index in [1.54, 1.807) is 32.4 Å². The van der Waals surface area contributed by atoms with E-state index in [9.17, 15) is 9.59 Å². The number of methoxy groups -OCH3 is 2. The Bertz CT molecular complexity index is 790. The van der Waals surface area contributed by atoms with Gasteiger partial charge in [-0.1, -0.05) is 6.07 Å². The molecule has 0 aliphatic heterocycles. The summed E-state index contributed by atoms with van der Waals surface area (Å²) < 4.78 is 10.4. The van der Waals surface area contributed by atoms with Crippen molar-refractivity contribution in [3.63, 3.8) is 0 Å². The van der Waals surface area contributed by atoms with Crippen molar-refractivity contribution in [1.82, 2.24) is 15.6 Å². The first kappa shape index (κ1) is 19.2. The van der Waals surface area contributed by atoms with Crippen LogP contribution < -0.4 is 20.1 Å². The van der Waals surface area contributed by atoms with Crippen LogP contribution >= 0.6 is 0 Å². The highest BCUT2D eigenvalue weighted by Gasteiger charge is 2.13. The number of pyridine rings is 1. The molecule has 0 aliphatic carbocycles. The van der Waals surface area contributed by atoms with E-state index in [4.69, 9.17) is 9.47 Å². The van der Waals surface area contributed by atoms with Crippen LogP contribution in [-0.2, 0) is 6.54 Å². The fourth-order valence-corrected chi connectivity index (χ4v) is 2.30. The van der Waals surface area contributed by atoms with Crippen LogP contribution in [0.2, 0.25) is 0 Å². The van der Waals surface area contributed by atoms with Gasteiger partial charge in [0.15, 0.2) is 11.5 Å². The van der Waals surface area contributed by atoms with Gasteiger partial charge in [-0.15, -0.1) is 0 Å². The molecule has 1 heterocycles. The SMILES string of the molecule is COc1ccc(CNC(=O)c2cc(C(=O)NC(C)C)ccn2)cc1OC. The second-order valence-electron chi connectivity index (χ2n) is 5.93. The van der Waals surface area contributed by atoms with E-state index in [1.165, 1.54) is 12.3 Å². The molecule has 0 saturated carbocycles. The number of aromatic nitrogens is 1. The van der Waals surface area contributed by atoms with Crippen molar-refractivity contribution in [3.8, 4) is 11.5 Å². The number of nitrogens with one attached hydrogen (secondary N) is 2. The Morgan fingerprint density at radius 3 is 2.42 bits per heavy atom. The zero-order chi connectivity index (χ0) is 19.1. The molecule has 26 heavy (non-hydrogen) atoms. The maximum absolute atomic E-state index is 12.3. The molecule has 0 atom stereocenters. The summed E-state index contributed by atoms with van der Waals surface area (Å²) in [6.45, 7) is 4.04. The van der Waals surface area contributed by atoms with Gasteiger partial charge in [0.1, 0.15) is 5.69 Å². The molecule has 2 amide bonds. The molecule has 1 aromatic heterocycles. The van der Waals surface area contributed by atoms with Crippen molar-refractivity contribution in [2.24, 2.45) is 0 Å². The first-order valence-corrected chi connectivity index (χ1v) is 8.20. The molecular formula is C19H23N3O4. The van der Waals surface area contributed by atoms with E-state index in [0.717, 1.165) is 5.56 Å². The topological polar surface area (TPSA) is 89.5 Å². The number of amides is 2. The number of carbonyl (C=O) groups is 2. The molecule has 7 nitrogen and oxygen atoms in total. The number of hydrogen-bond acceptors (Lipinski definition) is 5. The Balaban J connectivity index is 2.05. The number of rotatable bonds is 7. The van der Waals surface area contributed by atoms with Gasteiger partial charge in [0.05, 0.1) is 14.2 Å². The van der Waals surface area contributed by atoms with Gasteiger partial charge in [0.2, 0.25) is 0 Å². The van der Waals surface area contributed by atoms with Crippen molar-refractivity contribution in [3.05, 3.63) is 53.3 Å². The smallest absolute Gasteiger partial charge is 0.270 e. The lowest BCUT2D eigenvalue weighted by atomic mass is 10.1. The molecule has 7 heteroatoms. The largest absolute Gasteiger partial charge is 0.493 e. The van der Waals surface area contributed by atoms with E-state index in [0.29, 0.717) is 23.6 Å². The van der Waals surface area contributed by atoms with Gasteiger partial charge in [-0.2, -0.15) is 0 Å².